The number of amides is 1. The van der Waals surface area contributed by atoms with Gasteiger partial charge in [0.05, 0.1) is 11.6 Å². The summed E-state index contributed by atoms with van der Waals surface area (Å²) < 4.78 is 20.5. The summed E-state index contributed by atoms with van der Waals surface area (Å²) in [6, 6.07) is 25.7. The van der Waals surface area contributed by atoms with Gasteiger partial charge in [0.1, 0.15) is 23.1 Å². The van der Waals surface area contributed by atoms with Crippen molar-refractivity contribution < 1.29 is 23.8 Å². The molecule has 1 aliphatic heterocycles. The molecule has 0 radical (unpaired) electrons. The fraction of sp³-hybridized carbons (Fsp3) is 0.0667. The van der Waals surface area contributed by atoms with Gasteiger partial charge in [-0.25, -0.2) is 4.39 Å². The van der Waals surface area contributed by atoms with Gasteiger partial charge in [-0.2, -0.15) is 0 Å². The summed E-state index contributed by atoms with van der Waals surface area (Å²) in [4.78, 5) is 28.0. The third-order valence-corrected chi connectivity index (χ3v) is 7.02. The second-order valence-electron chi connectivity index (χ2n) is 8.60. The van der Waals surface area contributed by atoms with Crippen LogP contribution in [0.3, 0.4) is 0 Å². The van der Waals surface area contributed by atoms with Crippen molar-refractivity contribution in [3.63, 3.8) is 0 Å². The van der Waals surface area contributed by atoms with E-state index in [4.69, 9.17) is 4.74 Å². The minimum absolute atomic E-state index is 0.0621. The Bertz CT molecular complexity index is 1530. The molecule has 1 N–H and O–H groups in total. The maximum Gasteiger partial charge on any atom is 0.300 e. The number of rotatable bonds is 5. The number of ketones is 1. The van der Waals surface area contributed by atoms with Gasteiger partial charge in [0.15, 0.2) is 0 Å². The zero-order valence-electron chi connectivity index (χ0n) is 19.7. The molecule has 1 unspecified atom stereocenters. The van der Waals surface area contributed by atoms with Crippen LogP contribution >= 0.6 is 15.9 Å². The number of ether oxygens (including phenoxy) is 1. The van der Waals surface area contributed by atoms with Gasteiger partial charge in [-0.3, -0.25) is 14.5 Å². The molecule has 1 amide bonds. The molecule has 0 aromatic heterocycles. The molecule has 7 heteroatoms. The topological polar surface area (TPSA) is 66.8 Å². The fourth-order valence-corrected chi connectivity index (χ4v) is 4.58. The second kappa shape index (κ2) is 10.0. The molecular formula is C30H21BrFNO4. The molecule has 0 saturated carbocycles. The minimum atomic E-state index is -0.964. The predicted molar refractivity (Wildman–Crippen MR) is 143 cm³/mol. The Morgan fingerprint density at radius 1 is 0.892 bits per heavy atom. The SMILES string of the molecule is Cc1cc(/C(O)=C2/C(=O)C(=O)N(c3ccc(F)cc3)C2c2cccc(Oc3ccccc3)c2)ccc1Br. The first-order valence-corrected chi connectivity index (χ1v) is 12.3. The van der Waals surface area contributed by atoms with Crippen LogP contribution in [0, 0.1) is 12.7 Å². The van der Waals surface area contributed by atoms with Crippen LogP contribution in [0.4, 0.5) is 10.1 Å². The number of anilines is 1. The number of para-hydroxylation sites is 1. The van der Waals surface area contributed by atoms with Gasteiger partial charge in [0.2, 0.25) is 0 Å². The van der Waals surface area contributed by atoms with Crippen molar-refractivity contribution in [2.24, 2.45) is 0 Å². The lowest BCUT2D eigenvalue weighted by molar-refractivity contribution is -0.132. The Hall–Kier alpha value is -4.23. The van der Waals surface area contributed by atoms with Crippen LogP contribution in [0.25, 0.3) is 5.76 Å². The average Bonchev–Trinajstić information content (AvgIpc) is 3.17. The summed E-state index contributed by atoms with van der Waals surface area (Å²) in [6.45, 7) is 1.86. The number of halogens is 2. The molecule has 0 aliphatic carbocycles. The van der Waals surface area contributed by atoms with E-state index >= 15 is 0 Å². The van der Waals surface area contributed by atoms with Crippen LogP contribution in [0.15, 0.2) is 107 Å². The van der Waals surface area contributed by atoms with Crippen LogP contribution in [-0.4, -0.2) is 16.8 Å². The number of aliphatic hydroxyl groups is 1. The Kier molecular flexibility index (Phi) is 6.63. The molecule has 5 nitrogen and oxygen atoms in total. The highest BCUT2D eigenvalue weighted by Crippen LogP contribution is 2.43. The summed E-state index contributed by atoms with van der Waals surface area (Å²) in [5.41, 5.74) is 2.07. The molecule has 1 heterocycles. The van der Waals surface area contributed by atoms with E-state index in [1.807, 2.05) is 37.3 Å². The standard InChI is InChI=1S/C30H21BrFNO4/c1-18-16-20(10-15-25(18)31)28(34)26-27(33(30(36)29(26)35)22-13-11-21(32)12-14-22)19-6-5-9-24(17-19)37-23-7-3-2-4-8-23/h2-17,27,34H,1H3/b28-26-. The molecule has 5 rings (SSSR count). The van der Waals surface area contributed by atoms with Crippen molar-refractivity contribution in [3.05, 3.63) is 130 Å². The lowest BCUT2D eigenvalue weighted by Gasteiger charge is -2.26. The molecule has 1 atom stereocenters. The van der Waals surface area contributed by atoms with Crippen LogP contribution in [0.1, 0.15) is 22.7 Å². The van der Waals surface area contributed by atoms with Crippen LogP contribution < -0.4 is 9.64 Å². The maximum absolute atomic E-state index is 13.7. The number of benzene rings is 4. The predicted octanol–water partition coefficient (Wildman–Crippen LogP) is 7.32. The molecule has 184 valence electrons. The normalized spacial score (nSPS) is 16.7. The molecule has 4 aromatic carbocycles. The van der Waals surface area contributed by atoms with E-state index in [1.165, 1.54) is 29.2 Å². The number of carbonyl (C=O) groups excluding carboxylic acids is 2. The zero-order chi connectivity index (χ0) is 26.1. The molecule has 37 heavy (non-hydrogen) atoms. The number of hydrogen-bond donors (Lipinski definition) is 1. The second-order valence-corrected chi connectivity index (χ2v) is 9.45. The van der Waals surface area contributed by atoms with E-state index in [0.717, 1.165) is 10.0 Å². The first kappa shape index (κ1) is 24.5. The van der Waals surface area contributed by atoms with Gasteiger partial charge in [-0.05, 0) is 78.7 Å². The van der Waals surface area contributed by atoms with Gasteiger partial charge in [0.25, 0.3) is 11.7 Å². The van der Waals surface area contributed by atoms with Gasteiger partial charge in [-0.1, -0.05) is 52.3 Å². The summed E-state index contributed by atoms with van der Waals surface area (Å²) in [6.07, 6.45) is 0. The monoisotopic (exact) mass is 557 g/mol. The van der Waals surface area contributed by atoms with E-state index in [9.17, 15) is 19.1 Å². The third-order valence-electron chi connectivity index (χ3n) is 6.13. The number of nitrogens with zero attached hydrogens (tertiary/aromatic N) is 1. The minimum Gasteiger partial charge on any atom is -0.507 e. The smallest absolute Gasteiger partial charge is 0.300 e. The summed E-state index contributed by atoms with van der Waals surface area (Å²) in [5.74, 6) is -1.30. The highest BCUT2D eigenvalue weighted by Gasteiger charge is 2.47. The molecule has 0 spiro atoms. The number of carbonyl (C=O) groups is 2. The van der Waals surface area contributed by atoms with Crippen molar-refractivity contribution in [3.8, 4) is 11.5 Å². The number of aryl methyl sites for hydroxylation is 1. The number of Topliss-reactive ketones (excluding diaryl/α,β-unsaturated/α-hetero) is 1. The fourth-order valence-electron chi connectivity index (χ4n) is 4.34. The quantitative estimate of drug-likeness (QED) is 0.158. The summed E-state index contributed by atoms with van der Waals surface area (Å²) in [5, 5.41) is 11.3. The van der Waals surface area contributed by atoms with E-state index in [-0.39, 0.29) is 11.3 Å². The van der Waals surface area contributed by atoms with E-state index in [2.05, 4.69) is 15.9 Å². The van der Waals surface area contributed by atoms with Crippen molar-refractivity contribution >= 4 is 39.1 Å². The maximum atomic E-state index is 13.7. The summed E-state index contributed by atoms with van der Waals surface area (Å²) >= 11 is 3.44. The largest absolute Gasteiger partial charge is 0.507 e. The van der Waals surface area contributed by atoms with Gasteiger partial charge in [-0.15, -0.1) is 0 Å². The van der Waals surface area contributed by atoms with Crippen molar-refractivity contribution in [1.29, 1.82) is 0 Å². The van der Waals surface area contributed by atoms with Crippen LogP contribution in [0.5, 0.6) is 11.5 Å². The van der Waals surface area contributed by atoms with Gasteiger partial charge in [0, 0.05) is 15.7 Å². The zero-order valence-corrected chi connectivity index (χ0v) is 21.3. The molecule has 1 saturated heterocycles. The van der Waals surface area contributed by atoms with Crippen molar-refractivity contribution in [1.82, 2.24) is 0 Å². The lowest BCUT2D eigenvalue weighted by atomic mass is 9.94. The molecule has 1 fully saturated rings. The van der Waals surface area contributed by atoms with Crippen molar-refractivity contribution in [2.75, 3.05) is 4.90 Å². The molecule has 0 bridgehead atoms. The number of aliphatic hydroxyl groups excluding tert-OH is 1. The number of hydrogen-bond acceptors (Lipinski definition) is 4. The van der Waals surface area contributed by atoms with Crippen LogP contribution in [-0.2, 0) is 9.59 Å². The van der Waals surface area contributed by atoms with Crippen LogP contribution in [0.2, 0.25) is 0 Å². The van der Waals surface area contributed by atoms with Crippen molar-refractivity contribution in [2.45, 2.75) is 13.0 Å². The average molecular weight is 558 g/mol. The third kappa shape index (κ3) is 4.78. The van der Waals surface area contributed by atoms with E-state index < -0.39 is 23.5 Å². The van der Waals surface area contributed by atoms with Gasteiger partial charge < -0.3 is 9.84 Å². The molecule has 1 aliphatic rings. The van der Waals surface area contributed by atoms with E-state index in [0.29, 0.717) is 28.3 Å². The first-order valence-electron chi connectivity index (χ1n) is 11.5. The summed E-state index contributed by atoms with van der Waals surface area (Å²) in [7, 11) is 0. The highest BCUT2D eigenvalue weighted by atomic mass is 79.9. The lowest BCUT2D eigenvalue weighted by Crippen LogP contribution is -2.29. The Morgan fingerprint density at radius 3 is 2.30 bits per heavy atom. The Morgan fingerprint density at radius 2 is 1.59 bits per heavy atom. The Labute approximate surface area is 221 Å². The molecule has 4 aromatic rings. The molecular weight excluding hydrogens is 537 g/mol. The van der Waals surface area contributed by atoms with Gasteiger partial charge >= 0.3 is 0 Å². The Balaban J connectivity index is 1.67. The highest BCUT2D eigenvalue weighted by molar-refractivity contribution is 9.10. The first-order chi connectivity index (χ1) is 17.8. The van der Waals surface area contributed by atoms with E-state index in [1.54, 1.807) is 42.5 Å².